The van der Waals surface area contributed by atoms with Gasteiger partial charge in [0.05, 0.1) is 11.7 Å². The summed E-state index contributed by atoms with van der Waals surface area (Å²) in [6, 6.07) is 0.758. The summed E-state index contributed by atoms with van der Waals surface area (Å²) < 4.78 is 6.05. The summed E-state index contributed by atoms with van der Waals surface area (Å²) in [4.78, 5) is 2.51. The van der Waals surface area contributed by atoms with E-state index in [1.165, 1.54) is 38.8 Å². The van der Waals surface area contributed by atoms with Gasteiger partial charge in [0.25, 0.3) is 0 Å². The predicted molar refractivity (Wildman–Crippen MR) is 66.7 cm³/mol. The Morgan fingerprint density at radius 1 is 1.25 bits per heavy atom. The zero-order valence-electron chi connectivity index (χ0n) is 11.0. The minimum Gasteiger partial charge on any atom is -0.371 e. The lowest BCUT2D eigenvalue weighted by Gasteiger charge is -2.33. The van der Waals surface area contributed by atoms with Crippen LogP contribution in [0.25, 0.3) is 0 Å². The van der Waals surface area contributed by atoms with E-state index in [1.807, 2.05) is 0 Å². The van der Waals surface area contributed by atoms with E-state index in [-0.39, 0.29) is 5.60 Å². The average Bonchev–Trinajstić information content (AvgIpc) is 2.59. The molecule has 1 N–H and O–H groups in total. The molecule has 0 bridgehead atoms. The largest absolute Gasteiger partial charge is 0.371 e. The van der Waals surface area contributed by atoms with Gasteiger partial charge in [0.15, 0.2) is 0 Å². The maximum Gasteiger partial charge on any atom is 0.0710 e. The fourth-order valence-corrected chi connectivity index (χ4v) is 2.92. The van der Waals surface area contributed by atoms with E-state index >= 15 is 0 Å². The van der Waals surface area contributed by atoms with Gasteiger partial charge in [-0.25, -0.2) is 0 Å². The standard InChI is InChI=1S/C13H26N2O/c1-13(2)7-4-12(16-13)10-15(3)11-5-8-14-9-6-11/h11-12,14H,4-10H2,1-3H3. The van der Waals surface area contributed by atoms with E-state index in [0.29, 0.717) is 6.10 Å². The number of ether oxygens (including phenoxy) is 1. The lowest BCUT2D eigenvalue weighted by atomic mass is 10.0. The third-order valence-corrected chi connectivity index (χ3v) is 3.98. The van der Waals surface area contributed by atoms with Crippen molar-refractivity contribution in [2.24, 2.45) is 0 Å². The molecule has 0 radical (unpaired) electrons. The molecule has 0 spiro atoms. The Bertz CT molecular complexity index is 224. The second-order valence-electron chi connectivity index (χ2n) is 5.96. The zero-order chi connectivity index (χ0) is 11.6. The molecule has 2 saturated heterocycles. The summed E-state index contributed by atoms with van der Waals surface area (Å²) in [6.07, 6.45) is 5.45. The van der Waals surface area contributed by atoms with E-state index in [9.17, 15) is 0 Å². The van der Waals surface area contributed by atoms with E-state index in [0.717, 1.165) is 12.6 Å². The smallest absolute Gasteiger partial charge is 0.0710 e. The molecule has 0 saturated carbocycles. The minimum absolute atomic E-state index is 0.111. The Morgan fingerprint density at radius 2 is 1.94 bits per heavy atom. The van der Waals surface area contributed by atoms with Crippen LogP contribution in [0.1, 0.15) is 39.5 Å². The summed E-state index contributed by atoms with van der Waals surface area (Å²) in [5.41, 5.74) is 0.111. The van der Waals surface area contributed by atoms with Crippen molar-refractivity contribution in [3.8, 4) is 0 Å². The molecule has 0 aliphatic carbocycles. The SMILES string of the molecule is CN(CC1CCC(C)(C)O1)C1CCNCC1. The van der Waals surface area contributed by atoms with Crippen molar-refractivity contribution >= 4 is 0 Å². The summed E-state index contributed by atoms with van der Waals surface area (Å²) in [7, 11) is 2.25. The first-order valence-corrected chi connectivity index (χ1v) is 6.66. The lowest BCUT2D eigenvalue weighted by molar-refractivity contribution is -0.0314. The molecule has 1 unspecified atom stereocenters. The van der Waals surface area contributed by atoms with Gasteiger partial charge < -0.3 is 15.0 Å². The topological polar surface area (TPSA) is 24.5 Å². The van der Waals surface area contributed by atoms with Crippen LogP contribution in [-0.2, 0) is 4.74 Å². The number of rotatable bonds is 3. The predicted octanol–water partition coefficient (Wildman–Crippen LogP) is 1.63. The molecular formula is C13H26N2O. The summed E-state index contributed by atoms with van der Waals surface area (Å²) in [6.45, 7) is 7.86. The van der Waals surface area contributed by atoms with Crippen molar-refractivity contribution in [3.63, 3.8) is 0 Å². The van der Waals surface area contributed by atoms with Gasteiger partial charge in [-0.15, -0.1) is 0 Å². The van der Waals surface area contributed by atoms with Gasteiger partial charge in [0, 0.05) is 12.6 Å². The van der Waals surface area contributed by atoms with E-state index in [4.69, 9.17) is 4.74 Å². The molecule has 0 amide bonds. The highest BCUT2D eigenvalue weighted by Crippen LogP contribution is 2.30. The maximum atomic E-state index is 6.05. The first-order chi connectivity index (χ1) is 7.57. The third kappa shape index (κ3) is 3.19. The monoisotopic (exact) mass is 226 g/mol. The average molecular weight is 226 g/mol. The fourth-order valence-electron chi connectivity index (χ4n) is 2.92. The molecular weight excluding hydrogens is 200 g/mol. The number of nitrogens with zero attached hydrogens (tertiary/aromatic N) is 1. The van der Waals surface area contributed by atoms with Crippen LogP contribution >= 0.6 is 0 Å². The Balaban J connectivity index is 1.76. The van der Waals surface area contributed by atoms with Crippen LogP contribution < -0.4 is 5.32 Å². The van der Waals surface area contributed by atoms with Crippen molar-refractivity contribution in [2.75, 3.05) is 26.7 Å². The van der Waals surface area contributed by atoms with Gasteiger partial charge in [-0.1, -0.05) is 0 Å². The van der Waals surface area contributed by atoms with Crippen LogP contribution in [0.4, 0.5) is 0 Å². The maximum absolute atomic E-state index is 6.05. The first-order valence-electron chi connectivity index (χ1n) is 6.66. The summed E-state index contributed by atoms with van der Waals surface area (Å²) >= 11 is 0. The zero-order valence-corrected chi connectivity index (χ0v) is 11.0. The Labute approximate surface area is 99.5 Å². The Hall–Kier alpha value is -0.120. The minimum atomic E-state index is 0.111. The van der Waals surface area contributed by atoms with Crippen LogP contribution in [0.15, 0.2) is 0 Å². The molecule has 94 valence electrons. The summed E-state index contributed by atoms with van der Waals surface area (Å²) in [5, 5.41) is 3.42. The molecule has 16 heavy (non-hydrogen) atoms. The number of hydrogen-bond donors (Lipinski definition) is 1. The van der Waals surface area contributed by atoms with Crippen LogP contribution in [0.3, 0.4) is 0 Å². The molecule has 2 rings (SSSR count). The van der Waals surface area contributed by atoms with Crippen LogP contribution in [0.2, 0.25) is 0 Å². The highest BCUT2D eigenvalue weighted by molar-refractivity contribution is 4.84. The molecule has 3 nitrogen and oxygen atoms in total. The Kier molecular flexibility index (Phi) is 3.88. The first kappa shape index (κ1) is 12.3. The second-order valence-corrected chi connectivity index (χ2v) is 5.96. The van der Waals surface area contributed by atoms with Crippen molar-refractivity contribution < 1.29 is 4.74 Å². The molecule has 2 aliphatic rings. The highest BCUT2D eigenvalue weighted by atomic mass is 16.5. The molecule has 2 heterocycles. The number of hydrogen-bond acceptors (Lipinski definition) is 3. The van der Waals surface area contributed by atoms with Gasteiger partial charge in [0.2, 0.25) is 0 Å². The number of piperidine rings is 1. The van der Waals surface area contributed by atoms with Gasteiger partial charge in [-0.2, -0.15) is 0 Å². The van der Waals surface area contributed by atoms with Gasteiger partial charge >= 0.3 is 0 Å². The molecule has 3 heteroatoms. The van der Waals surface area contributed by atoms with Gasteiger partial charge in [0.1, 0.15) is 0 Å². The van der Waals surface area contributed by atoms with Gasteiger partial charge in [-0.3, -0.25) is 0 Å². The number of likely N-dealkylation sites (N-methyl/N-ethyl adjacent to an activating group) is 1. The normalized spacial score (nSPS) is 31.1. The second kappa shape index (κ2) is 5.03. The van der Waals surface area contributed by atoms with Crippen LogP contribution in [0, 0.1) is 0 Å². The fraction of sp³-hybridized carbons (Fsp3) is 1.00. The van der Waals surface area contributed by atoms with Crippen molar-refractivity contribution in [1.29, 1.82) is 0 Å². The van der Waals surface area contributed by atoms with Gasteiger partial charge in [-0.05, 0) is 59.7 Å². The molecule has 2 fully saturated rings. The number of nitrogens with one attached hydrogen (secondary N) is 1. The molecule has 0 aromatic heterocycles. The molecule has 2 aliphatic heterocycles. The van der Waals surface area contributed by atoms with Crippen molar-refractivity contribution in [2.45, 2.75) is 57.3 Å². The van der Waals surface area contributed by atoms with E-state index < -0.39 is 0 Å². The van der Waals surface area contributed by atoms with E-state index in [1.54, 1.807) is 0 Å². The van der Waals surface area contributed by atoms with Crippen molar-refractivity contribution in [3.05, 3.63) is 0 Å². The quantitative estimate of drug-likeness (QED) is 0.791. The Morgan fingerprint density at radius 3 is 2.50 bits per heavy atom. The lowest BCUT2D eigenvalue weighted by Crippen LogP contribution is -2.44. The van der Waals surface area contributed by atoms with E-state index in [2.05, 4.69) is 31.1 Å². The van der Waals surface area contributed by atoms with Crippen molar-refractivity contribution in [1.82, 2.24) is 10.2 Å². The van der Waals surface area contributed by atoms with Crippen LogP contribution in [0.5, 0.6) is 0 Å². The molecule has 0 aromatic carbocycles. The molecule has 0 aromatic rings. The molecule has 1 atom stereocenters. The summed E-state index contributed by atoms with van der Waals surface area (Å²) in [5.74, 6) is 0. The highest BCUT2D eigenvalue weighted by Gasteiger charge is 2.33. The third-order valence-electron chi connectivity index (χ3n) is 3.98. The van der Waals surface area contributed by atoms with Crippen LogP contribution in [-0.4, -0.2) is 49.3 Å².